The molecule has 0 aromatic heterocycles. The molecule has 1 unspecified atom stereocenters. The third-order valence-corrected chi connectivity index (χ3v) is 4.91. The average Bonchev–Trinajstić information content (AvgIpc) is 2.92. The first-order valence-electron chi connectivity index (χ1n) is 8.09. The summed E-state index contributed by atoms with van der Waals surface area (Å²) in [6.07, 6.45) is 4.31. The summed E-state index contributed by atoms with van der Waals surface area (Å²) >= 11 is 0. The number of carbonyl (C=O) groups excluding carboxylic acids is 1. The Morgan fingerprint density at radius 1 is 1.19 bits per heavy atom. The number of carboxylic acid groups (broad SMARTS) is 1. The van der Waals surface area contributed by atoms with Gasteiger partial charge in [0, 0.05) is 12.6 Å². The highest BCUT2D eigenvalue weighted by Gasteiger charge is 2.37. The molecule has 122 valence electrons. The van der Waals surface area contributed by atoms with Crippen molar-refractivity contribution in [3.05, 3.63) is 0 Å². The van der Waals surface area contributed by atoms with Gasteiger partial charge in [0.2, 0.25) is 5.91 Å². The van der Waals surface area contributed by atoms with Crippen LogP contribution in [0, 0.1) is 17.8 Å². The Morgan fingerprint density at radius 3 is 2.24 bits per heavy atom. The fourth-order valence-electron chi connectivity index (χ4n) is 3.51. The number of aliphatic carboxylic acids is 1. The smallest absolute Gasteiger partial charge is 0.307 e. The Labute approximate surface area is 128 Å². The molecule has 1 fully saturated rings. The van der Waals surface area contributed by atoms with Gasteiger partial charge in [-0.05, 0) is 32.9 Å². The number of nitrogens with zero attached hydrogens (tertiary/aromatic N) is 1. The summed E-state index contributed by atoms with van der Waals surface area (Å²) in [5, 5.41) is 12.2. The molecule has 0 saturated heterocycles. The molecule has 1 saturated carbocycles. The summed E-state index contributed by atoms with van der Waals surface area (Å²) in [6, 6.07) is 0.300. The largest absolute Gasteiger partial charge is 0.481 e. The molecule has 1 aliphatic carbocycles. The van der Waals surface area contributed by atoms with Gasteiger partial charge in [-0.1, -0.05) is 33.1 Å². The van der Waals surface area contributed by atoms with E-state index in [1.165, 1.54) is 0 Å². The van der Waals surface area contributed by atoms with E-state index in [-0.39, 0.29) is 11.8 Å². The number of rotatable bonds is 8. The minimum atomic E-state index is -0.836. The highest BCUT2D eigenvalue weighted by molar-refractivity contribution is 5.85. The van der Waals surface area contributed by atoms with E-state index >= 15 is 0 Å². The maximum Gasteiger partial charge on any atom is 0.307 e. The van der Waals surface area contributed by atoms with Crippen molar-refractivity contribution < 1.29 is 14.7 Å². The van der Waals surface area contributed by atoms with Crippen molar-refractivity contribution in [2.75, 3.05) is 20.6 Å². The van der Waals surface area contributed by atoms with Crippen molar-refractivity contribution >= 4 is 11.9 Å². The SMILES string of the molecule is CCC(CC)C(CNC(=O)[C@@H]1CCC[C@@H]1C(=O)O)N(C)C. The second kappa shape index (κ2) is 8.37. The van der Waals surface area contributed by atoms with Crippen molar-refractivity contribution in [2.24, 2.45) is 17.8 Å². The molecule has 0 radical (unpaired) electrons. The highest BCUT2D eigenvalue weighted by atomic mass is 16.4. The summed E-state index contributed by atoms with van der Waals surface area (Å²) < 4.78 is 0. The van der Waals surface area contributed by atoms with Crippen molar-refractivity contribution in [2.45, 2.75) is 52.0 Å². The third kappa shape index (κ3) is 4.70. The highest BCUT2D eigenvalue weighted by Crippen LogP contribution is 2.32. The molecule has 0 aliphatic heterocycles. The third-order valence-electron chi connectivity index (χ3n) is 4.91. The van der Waals surface area contributed by atoms with E-state index in [1.807, 2.05) is 14.1 Å². The lowest BCUT2D eigenvalue weighted by Gasteiger charge is -2.32. The van der Waals surface area contributed by atoms with Gasteiger partial charge >= 0.3 is 5.97 Å². The van der Waals surface area contributed by atoms with E-state index in [2.05, 4.69) is 24.1 Å². The monoisotopic (exact) mass is 298 g/mol. The van der Waals surface area contributed by atoms with Crippen LogP contribution < -0.4 is 5.32 Å². The minimum absolute atomic E-state index is 0.0855. The molecule has 3 atom stereocenters. The van der Waals surface area contributed by atoms with Crippen LogP contribution in [0.15, 0.2) is 0 Å². The summed E-state index contributed by atoms with van der Waals surface area (Å²) in [5.74, 6) is -1.24. The van der Waals surface area contributed by atoms with E-state index in [4.69, 9.17) is 0 Å². The van der Waals surface area contributed by atoms with Gasteiger partial charge in [-0.25, -0.2) is 0 Å². The molecule has 0 aromatic carbocycles. The summed E-state index contributed by atoms with van der Waals surface area (Å²) in [7, 11) is 4.07. The Bertz CT molecular complexity index is 353. The average molecular weight is 298 g/mol. The topological polar surface area (TPSA) is 69.6 Å². The predicted octanol–water partition coefficient (Wildman–Crippen LogP) is 1.97. The zero-order valence-corrected chi connectivity index (χ0v) is 13.8. The molecule has 2 N–H and O–H groups in total. The van der Waals surface area contributed by atoms with E-state index < -0.39 is 11.9 Å². The molecule has 0 bridgehead atoms. The number of carboxylic acids is 1. The molecule has 0 aromatic rings. The van der Waals surface area contributed by atoms with Crippen LogP contribution in [0.5, 0.6) is 0 Å². The lowest BCUT2D eigenvalue weighted by atomic mass is 9.92. The molecule has 21 heavy (non-hydrogen) atoms. The molecule has 0 heterocycles. The second-order valence-corrected chi connectivity index (χ2v) is 6.33. The number of hydrogen-bond donors (Lipinski definition) is 2. The van der Waals surface area contributed by atoms with Gasteiger partial charge in [0.1, 0.15) is 0 Å². The lowest BCUT2D eigenvalue weighted by Crippen LogP contribution is -2.46. The Hall–Kier alpha value is -1.10. The number of amides is 1. The fourth-order valence-corrected chi connectivity index (χ4v) is 3.51. The van der Waals surface area contributed by atoms with Gasteiger partial charge in [-0.15, -0.1) is 0 Å². The van der Waals surface area contributed by atoms with Gasteiger partial charge in [0.15, 0.2) is 0 Å². The summed E-state index contributed by atoms with van der Waals surface area (Å²) in [4.78, 5) is 25.6. The van der Waals surface area contributed by atoms with Crippen LogP contribution in [0.25, 0.3) is 0 Å². The molecule has 5 nitrogen and oxygen atoms in total. The van der Waals surface area contributed by atoms with Gasteiger partial charge in [0.05, 0.1) is 11.8 Å². The first kappa shape index (κ1) is 18.0. The molecule has 1 aliphatic rings. The molecule has 1 amide bonds. The standard InChI is InChI=1S/C16H30N2O3/c1-5-11(6-2)14(18(3)4)10-17-15(19)12-8-7-9-13(12)16(20)21/h11-14H,5-10H2,1-4H3,(H,17,19)(H,20,21)/t12-,13+,14?/m1/s1. The first-order chi connectivity index (χ1) is 9.92. The van der Waals surface area contributed by atoms with Crippen LogP contribution in [-0.2, 0) is 9.59 Å². The molecular formula is C16H30N2O3. The van der Waals surface area contributed by atoms with Crippen LogP contribution in [0.2, 0.25) is 0 Å². The van der Waals surface area contributed by atoms with Gasteiger partial charge < -0.3 is 15.3 Å². The van der Waals surface area contributed by atoms with Gasteiger partial charge in [-0.2, -0.15) is 0 Å². The number of likely N-dealkylation sites (N-methyl/N-ethyl adjacent to an activating group) is 1. The van der Waals surface area contributed by atoms with Crippen molar-refractivity contribution in [3.8, 4) is 0 Å². The van der Waals surface area contributed by atoms with E-state index in [9.17, 15) is 14.7 Å². The van der Waals surface area contributed by atoms with Gasteiger partial charge in [0.25, 0.3) is 0 Å². The lowest BCUT2D eigenvalue weighted by molar-refractivity contribution is -0.146. The van der Waals surface area contributed by atoms with Crippen LogP contribution in [0.1, 0.15) is 46.0 Å². The van der Waals surface area contributed by atoms with E-state index in [0.29, 0.717) is 31.3 Å². The molecular weight excluding hydrogens is 268 g/mol. The van der Waals surface area contributed by atoms with Crippen LogP contribution in [0.4, 0.5) is 0 Å². The van der Waals surface area contributed by atoms with E-state index in [1.54, 1.807) is 0 Å². The number of carbonyl (C=O) groups is 2. The van der Waals surface area contributed by atoms with Crippen molar-refractivity contribution in [1.82, 2.24) is 10.2 Å². The molecule has 5 heteroatoms. The van der Waals surface area contributed by atoms with Crippen molar-refractivity contribution in [3.63, 3.8) is 0 Å². The quantitative estimate of drug-likeness (QED) is 0.719. The van der Waals surface area contributed by atoms with Crippen LogP contribution in [0.3, 0.4) is 0 Å². The maximum atomic E-state index is 12.3. The minimum Gasteiger partial charge on any atom is -0.481 e. The van der Waals surface area contributed by atoms with Gasteiger partial charge in [-0.3, -0.25) is 9.59 Å². The maximum absolute atomic E-state index is 12.3. The molecule has 0 spiro atoms. The molecule has 1 rings (SSSR count). The zero-order chi connectivity index (χ0) is 16.0. The number of nitrogens with one attached hydrogen (secondary N) is 1. The normalized spacial score (nSPS) is 23.5. The van der Waals surface area contributed by atoms with E-state index in [0.717, 1.165) is 19.3 Å². The Kier molecular flexibility index (Phi) is 7.15. The fraction of sp³-hybridized carbons (Fsp3) is 0.875. The van der Waals surface area contributed by atoms with Crippen LogP contribution >= 0.6 is 0 Å². The predicted molar refractivity (Wildman–Crippen MR) is 83.0 cm³/mol. The Balaban J connectivity index is 2.59. The zero-order valence-electron chi connectivity index (χ0n) is 13.8. The summed E-state index contributed by atoms with van der Waals surface area (Å²) in [5.41, 5.74) is 0. The number of hydrogen-bond acceptors (Lipinski definition) is 3. The Morgan fingerprint density at radius 2 is 1.76 bits per heavy atom. The summed E-state index contributed by atoms with van der Waals surface area (Å²) in [6.45, 7) is 4.94. The van der Waals surface area contributed by atoms with Crippen molar-refractivity contribution in [1.29, 1.82) is 0 Å². The first-order valence-corrected chi connectivity index (χ1v) is 8.09. The van der Waals surface area contributed by atoms with Crippen LogP contribution in [-0.4, -0.2) is 48.6 Å². The second-order valence-electron chi connectivity index (χ2n) is 6.33.